The van der Waals surface area contributed by atoms with Crippen molar-refractivity contribution in [2.75, 3.05) is 0 Å². The highest BCUT2D eigenvalue weighted by atomic mass is 79.9. The molecule has 0 saturated carbocycles. The van der Waals surface area contributed by atoms with E-state index in [2.05, 4.69) is 15.9 Å². The summed E-state index contributed by atoms with van der Waals surface area (Å²) in [5.41, 5.74) is 1.16. The van der Waals surface area contributed by atoms with Crippen molar-refractivity contribution in [2.24, 2.45) is 0 Å². The summed E-state index contributed by atoms with van der Waals surface area (Å²) in [5.74, 6) is -1.69. The average molecular weight is 325 g/mol. The molecule has 1 nitrogen and oxygen atoms in total. The minimum atomic E-state index is -0.692. The molecule has 2 aromatic rings. The summed E-state index contributed by atoms with van der Waals surface area (Å²) in [4.78, 5) is 12.0. The van der Waals surface area contributed by atoms with E-state index in [1.54, 1.807) is 18.2 Å². The molecule has 0 radical (unpaired) electrons. The van der Waals surface area contributed by atoms with Crippen LogP contribution < -0.4 is 0 Å². The monoisotopic (exact) mass is 324 g/mol. The van der Waals surface area contributed by atoms with Crippen molar-refractivity contribution in [1.29, 1.82) is 0 Å². The van der Waals surface area contributed by atoms with E-state index >= 15 is 0 Å². The highest BCUT2D eigenvalue weighted by Gasteiger charge is 2.14. The molecule has 2 aromatic carbocycles. The van der Waals surface area contributed by atoms with Gasteiger partial charge in [-0.15, -0.1) is 0 Å². The van der Waals surface area contributed by atoms with Crippen molar-refractivity contribution in [3.63, 3.8) is 0 Å². The van der Waals surface area contributed by atoms with E-state index in [1.807, 2.05) is 6.92 Å². The molecule has 19 heavy (non-hydrogen) atoms. The second kappa shape index (κ2) is 5.61. The maximum absolute atomic E-state index is 13.5. The zero-order valence-electron chi connectivity index (χ0n) is 10.2. The Kier molecular flexibility index (Phi) is 4.10. The Hall–Kier alpha value is -1.55. The van der Waals surface area contributed by atoms with Crippen LogP contribution in [0.1, 0.15) is 21.5 Å². The van der Waals surface area contributed by atoms with Gasteiger partial charge in [-0.3, -0.25) is 4.79 Å². The molecule has 0 bridgehead atoms. The minimum absolute atomic E-state index is 0.187. The SMILES string of the molecule is Cc1cc(C(=O)Cc2c(F)cccc2F)ccc1Br. The average Bonchev–Trinajstić information content (AvgIpc) is 2.37. The van der Waals surface area contributed by atoms with Crippen molar-refractivity contribution in [1.82, 2.24) is 0 Å². The van der Waals surface area contributed by atoms with Gasteiger partial charge in [0.25, 0.3) is 0 Å². The zero-order chi connectivity index (χ0) is 14.0. The van der Waals surface area contributed by atoms with Crippen LogP contribution in [0.2, 0.25) is 0 Å². The molecule has 0 aliphatic rings. The fourth-order valence-electron chi connectivity index (χ4n) is 1.78. The van der Waals surface area contributed by atoms with Crippen LogP contribution in [0, 0.1) is 18.6 Å². The molecular weight excluding hydrogens is 314 g/mol. The highest BCUT2D eigenvalue weighted by molar-refractivity contribution is 9.10. The molecule has 0 unspecified atom stereocenters. The van der Waals surface area contributed by atoms with E-state index in [0.717, 1.165) is 22.2 Å². The summed E-state index contributed by atoms with van der Waals surface area (Å²) in [6.45, 7) is 1.85. The third kappa shape index (κ3) is 3.07. The number of ketones is 1. The summed E-state index contributed by atoms with van der Waals surface area (Å²) >= 11 is 3.34. The van der Waals surface area contributed by atoms with Crippen LogP contribution in [0.15, 0.2) is 40.9 Å². The molecular formula is C15H11BrF2O. The summed E-state index contributed by atoms with van der Waals surface area (Å²) in [7, 11) is 0. The predicted molar refractivity (Wildman–Crippen MR) is 73.3 cm³/mol. The fourth-order valence-corrected chi connectivity index (χ4v) is 2.03. The Morgan fingerprint density at radius 3 is 2.37 bits per heavy atom. The summed E-state index contributed by atoms with van der Waals surface area (Å²) in [6.07, 6.45) is -0.278. The Bertz CT molecular complexity index is 618. The lowest BCUT2D eigenvalue weighted by Crippen LogP contribution is -2.07. The zero-order valence-corrected chi connectivity index (χ0v) is 11.8. The molecule has 0 N–H and O–H groups in total. The van der Waals surface area contributed by atoms with Gasteiger partial charge in [0.2, 0.25) is 0 Å². The predicted octanol–water partition coefficient (Wildman–Crippen LogP) is 4.46. The van der Waals surface area contributed by atoms with Gasteiger partial charge in [0.05, 0.1) is 0 Å². The maximum Gasteiger partial charge on any atom is 0.167 e. The van der Waals surface area contributed by atoms with Crippen LogP contribution >= 0.6 is 15.9 Å². The smallest absolute Gasteiger partial charge is 0.167 e. The first-order valence-electron chi connectivity index (χ1n) is 5.71. The van der Waals surface area contributed by atoms with Crippen LogP contribution in [-0.2, 0) is 6.42 Å². The molecule has 0 amide bonds. The van der Waals surface area contributed by atoms with Crippen molar-refractivity contribution in [2.45, 2.75) is 13.3 Å². The summed E-state index contributed by atoms with van der Waals surface area (Å²) in [5, 5.41) is 0. The van der Waals surface area contributed by atoms with Crippen LogP contribution in [0.25, 0.3) is 0 Å². The number of halogens is 3. The number of Topliss-reactive ketones (excluding diaryl/α,β-unsaturated/α-hetero) is 1. The van der Waals surface area contributed by atoms with Gasteiger partial charge in [0.15, 0.2) is 5.78 Å². The molecule has 0 aliphatic carbocycles. The minimum Gasteiger partial charge on any atom is -0.294 e. The van der Waals surface area contributed by atoms with Gasteiger partial charge in [-0.1, -0.05) is 28.1 Å². The van der Waals surface area contributed by atoms with Crippen molar-refractivity contribution >= 4 is 21.7 Å². The van der Waals surface area contributed by atoms with Crippen LogP contribution in [0.4, 0.5) is 8.78 Å². The fraction of sp³-hybridized carbons (Fsp3) is 0.133. The second-order valence-electron chi connectivity index (χ2n) is 4.26. The number of rotatable bonds is 3. The quantitative estimate of drug-likeness (QED) is 0.762. The molecule has 0 fully saturated rings. The Morgan fingerprint density at radius 2 is 1.79 bits per heavy atom. The van der Waals surface area contributed by atoms with Gasteiger partial charge in [-0.05, 0) is 36.8 Å². The first kappa shape index (κ1) is 13.9. The van der Waals surface area contributed by atoms with Crippen LogP contribution in [0.5, 0.6) is 0 Å². The van der Waals surface area contributed by atoms with E-state index in [9.17, 15) is 13.6 Å². The third-order valence-electron chi connectivity index (χ3n) is 2.88. The molecule has 4 heteroatoms. The molecule has 2 rings (SSSR count). The maximum atomic E-state index is 13.5. The number of hydrogen-bond acceptors (Lipinski definition) is 1. The highest BCUT2D eigenvalue weighted by Crippen LogP contribution is 2.20. The lowest BCUT2D eigenvalue weighted by atomic mass is 10.0. The van der Waals surface area contributed by atoms with Gasteiger partial charge in [-0.25, -0.2) is 8.78 Å². The van der Waals surface area contributed by atoms with Gasteiger partial charge < -0.3 is 0 Å². The normalized spacial score (nSPS) is 10.5. The van der Waals surface area contributed by atoms with Gasteiger partial charge in [0.1, 0.15) is 11.6 Å². The third-order valence-corrected chi connectivity index (χ3v) is 3.77. The first-order valence-corrected chi connectivity index (χ1v) is 6.50. The standard InChI is InChI=1S/C15H11BrF2O/c1-9-7-10(5-6-12(9)16)15(19)8-11-13(17)3-2-4-14(11)18/h2-7H,8H2,1H3. The van der Waals surface area contributed by atoms with Crippen molar-refractivity contribution in [3.05, 3.63) is 69.2 Å². The van der Waals surface area contributed by atoms with Gasteiger partial charge in [-0.2, -0.15) is 0 Å². The van der Waals surface area contributed by atoms with Crippen molar-refractivity contribution < 1.29 is 13.6 Å². The number of benzene rings is 2. The molecule has 0 aromatic heterocycles. The number of carbonyl (C=O) groups is 1. The molecule has 0 saturated heterocycles. The van der Waals surface area contributed by atoms with Crippen LogP contribution in [-0.4, -0.2) is 5.78 Å². The van der Waals surface area contributed by atoms with E-state index in [0.29, 0.717) is 5.56 Å². The molecule has 0 spiro atoms. The van der Waals surface area contributed by atoms with Crippen molar-refractivity contribution in [3.8, 4) is 0 Å². The van der Waals surface area contributed by atoms with E-state index < -0.39 is 11.6 Å². The summed E-state index contributed by atoms with van der Waals surface area (Å²) < 4.78 is 27.8. The van der Waals surface area contributed by atoms with Gasteiger partial charge >= 0.3 is 0 Å². The lowest BCUT2D eigenvalue weighted by Gasteiger charge is -2.06. The van der Waals surface area contributed by atoms with E-state index in [1.165, 1.54) is 6.07 Å². The molecule has 0 aliphatic heterocycles. The number of hydrogen-bond donors (Lipinski definition) is 0. The van der Waals surface area contributed by atoms with E-state index in [-0.39, 0.29) is 17.8 Å². The largest absolute Gasteiger partial charge is 0.294 e. The Morgan fingerprint density at radius 1 is 1.16 bits per heavy atom. The molecule has 0 heterocycles. The summed E-state index contributed by atoms with van der Waals surface area (Å²) in [6, 6.07) is 8.67. The Balaban J connectivity index is 2.28. The first-order chi connectivity index (χ1) is 8.99. The van der Waals surface area contributed by atoms with E-state index in [4.69, 9.17) is 0 Å². The second-order valence-corrected chi connectivity index (χ2v) is 5.12. The Labute approximate surface area is 118 Å². The molecule has 98 valence electrons. The number of aryl methyl sites for hydroxylation is 1. The van der Waals surface area contributed by atoms with Gasteiger partial charge in [0, 0.05) is 22.0 Å². The molecule has 0 atom stereocenters. The van der Waals surface area contributed by atoms with Crippen LogP contribution in [0.3, 0.4) is 0 Å². The number of carbonyl (C=O) groups excluding carboxylic acids is 1. The lowest BCUT2D eigenvalue weighted by molar-refractivity contribution is 0.0990. The topological polar surface area (TPSA) is 17.1 Å².